The summed E-state index contributed by atoms with van der Waals surface area (Å²) < 4.78 is 6.58. The first kappa shape index (κ1) is 19.1. The second kappa shape index (κ2) is 8.40. The second-order valence-corrected chi connectivity index (χ2v) is 7.40. The number of carbonyl (C=O) groups excluding carboxylic acids is 1. The maximum absolute atomic E-state index is 12.3. The van der Waals surface area contributed by atoms with Crippen molar-refractivity contribution in [2.75, 3.05) is 5.32 Å². The largest absolute Gasteiger partial charge is 0.457 e. The van der Waals surface area contributed by atoms with Gasteiger partial charge in [0.05, 0.1) is 10.2 Å². The molecule has 146 valence electrons. The number of aromatic nitrogens is 1. The molecule has 4 rings (SSSR count). The zero-order valence-electron chi connectivity index (χ0n) is 15.2. The van der Waals surface area contributed by atoms with Gasteiger partial charge < -0.3 is 20.3 Å². The van der Waals surface area contributed by atoms with Crippen LogP contribution in [0.2, 0.25) is 0 Å². The van der Waals surface area contributed by atoms with Gasteiger partial charge in [-0.05, 0) is 48.5 Å². The molecule has 1 heterocycles. The number of aliphatic hydroxyl groups is 2. The van der Waals surface area contributed by atoms with Gasteiger partial charge in [0.2, 0.25) is 0 Å². The van der Waals surface area contributed by atoms with Gasteiger partial charge in [-0.25, -0.2) is 4.98 Å². The topological polar surface area (TPSA) is 91.7 Å². The maximum Gasteiger partial charge on any atom is 0.256 e. The Hall–Kier alpha value is -3.26. The van der Waals surface area contributed by atoms with Gasteiger partial charge in [0.1, 0.15) is 22.6 Å². The van der Waals surface area contributed by atoms with Crippen LogP contribution in [0.5, 0.6) is 11.5 Å². The fourth-order valence-corrected chi connectivity index (χ4v) is 3.73. The molecule has 0 radical (unpaired) electrons. The fraction of sp³-hybridized carbons (Fsp3) is 0.0909. The van der Waals surface area contributed by atoms with Crippen molar-refractivity contribution in [3.63, 3.8) is 0 Å². The predicted molar refractivity (Wildman–Crippen MR) is 112 cm³/mol. The predicted octanol–water partition coefficient (Wildman–Crippen LogP) is 4.12. The Balaban J connectivity index is 1.40. The Morgan fingerprint density at radius 1 is 0.897 bits per heavy atom. The highest BCUT2D eigenvalue weighted by molar-refractivity contribution is 7.18. The fourth-order valence-electron chi connectivity index (χ4n) is 2.74. The number of nitrogens with one attached hydrogen (secondary N) is 1. The summed E-state index contributed by atoms with van der Waals surface area (Å²) in [7, 11) is 0. The van der Waals surface area contributed by atoms with Crippen LogP contribution in [0.15, 0.2) is 78.9 Å². The van der Waals surface area contributed by atoms with Gasteiger partial charge in [-0.2, -0.15) is 0 Å². The van der Waals surface area contributed by atoms with Crippen molar-refractivity contribution >= 4 is 33.1 Å². The smallest absolute Gasteiger partial charge is 0.256 e. The molecule has 4 aromatic rings. The zero-order chi connectivity index (χ0) is 20.2. The van der Waals surface area contributed by atoms with E-state index >= 15 is 0 Å². The molecule has 0 saturated heterocycles. The van der Waals surface area contributed by atoms with E-state index in [0.29, 0.717) is 27.7 Å². The van der Waals surface area contributed by atoms with E-state index in [1.54, 1.807) is 24.3 Å². The maximum atomic E-state index is 12.3. The number of hydrogen-bond acceptors (Lipinski definition) is 6. The summed E-state index contributed by atoms with van der Waals surface area (Å²) in [5.41, 5.74) is 1.19. The minimum absolute atomic E-state index is 0.292. The molecule has 2 atom stereocenters. The number of amides is 1. The van der Waals surface area contributed by atoms with Gasteiger partial charge in [-0.15, -0.1) is 11.3 Å². The molecule has 7 heteroatoms. The summed E-state index contributed by atoms with van der Waals surface area (Å²) in [5, 5.41) is 23.5. The highest BCUT2D eigenvalue weighted by Gasteiger charge is 2.28. The van der Waals surface area contributed by atoms with Crippen LogP contribution in [0.25, 0.3) is 10.2 Å². The molecule has 0 spiro atoms. The van der Waals surface area contributed by atoms with Crippen LogP contribution >= 0.6 is 11.3 Å². The first-order chi connectivity index (χ1) is 14.1. The lowest BCUT2D eigenvalue weighted by molar-refractivity contribution is -0.129. The van der Waals surface area contributed by atoms with E-state index in [1.165, 1.54) is 11.3 Å². The van der Waals surface area contributed by atoms with E-state index in [9.17, 15) is 15.0 Å². The summed E-state index contributed by atoms with van der Waals surface area (Å²) in [4.78, 5) is 16.6. The summed E-state index contributed by atoms with van der Waals surface area (Å²) in [6, 6.07) is 23.5. The Morgan fingerprint density at radius 2 is 1.55 bits per heavy atom. The van der Waals surface area contributed by atoms with Crippen LogP contribution in [0.3, 0.4) is 0 Å². The molecule has 0 saturated carbocycles. The van der Waals surface area contributed by atoms with Gasteiger partial charge in [0, 0.05) is 5.69 Å². The summed E-state index contributed by atoms with van der Waals surface area (Å²) in [5.74, 6) is 0.608. The molecular formula is C22H18N2O4S. The molecule has 1 aromatic heterocycles. The number of ether oxygens (including phenoxy) is 1. The third kappa shape index (κ3) is 4.43. The number of rotatable bonds is 6. The van der Waals surface area contributed by atoms with E-state index < -0.39 is 18.1 Å². The van der Waals surface area contributed by atoms with Crippen LogP contribution in [0.1, 0.15) is 11.1 Å². The first-order valence-corrected chi connectivity index (χ1v) is 9.77. The molecule has 0 aliphatic heterocycles. The molecule has 0 bridgehead atoms. The van der Waals surface area contributed by atoms with Crippen molar-refractivity contribution in [3.05, 3.63) is 83.9 Å². The van der Waals surface area contributed by atoms with Crippen LogP contribution in [-0.2, 0) is 4.79 Å². The molecule has 2 unspecified atom stereocenters. The Kier molecular flexibility index (Phi) is 5.53. The number of anilines is 1. The van der Waals surface area contributed by atoms with Crippen LogP contribution < -0.4 is 10.1 Å². The van der Waals surface area contributed by atoms with E-state index in [2.05, 4.69) is 10.3 Å². The Morgan fingerprint density at radius 3 is 2.28 bits per heavy atom. The quantitative estimate of drug-likeness (QED) is 0.448. The molecule has 29 heavy (non-hydrogen) atoms. The van der Waals surface area contributed by atoms with E-state index in [0.717, 1.165) is 4.70 Å². The number of benzene rings is 3. The number of fused-ring (bicyclic) bond motifs is 1. The molecular weight excluding hydrogens is 388 g/mol. The van der Waals surface area contributed by atoms with Gasteiger partial charge in [-0.3, -0.25) is 4.79 Å². The van der Waals surface area contributed by atoms with Crippen molar-refractivity contribution in [3.8, 4) is 11.5 Å². The highest BCUT2D eigenvalue weighted by Crippen LogP contribution is 2.28. The van der Waals surface area contributed by atoms with Crippen molar-refractivity contribution in [2.45, 2.75) is 12.2 Å². The second-order valence-electron chi connectivity index (χ2n) is 6.34. The van der Waals surface area contributed by atoms with Crippen molar-refractivity contribution in [1.82, 2.24) is 4.98 Å². The highest BCUT2D eigenvalue weighted by atomic mass is 32.1. The number of para-hydroxylation sites is 2. The van der Waals surface area contributed by atoms with Crippen molar-refractivity contribution in [1.29, 1.82) is 0 Å². The number of carbonyl (C=O) groups is 1. The lowest BCUT2D eigenvalue weighted by Gasteiger charge is -2.15. The molecule has 1 amide bonds. The van der Waals surface area contributed by atoms with Crippen LogP contribution in [0, 0.1) is 0 Å². The van der Waals surface area contributed by atoms with Gasteiger partial charge in [-0.1, -0.05) is 30.3 Å². The number of nitrogens with zero attached hydrogens (tertiary/aromatic N) is 1. The number of hydrogen-bond donors (Lipinski definition) is 3. The molecule has 6 nitrogen and oxygen atoms in total. The van der Waals surface area contributed by atoms with Gasteiger partial charge in [0.15, 0.2) is 6.10 Å². The molecule has 0 aliphatic carbocycles. The SMILES string of the molecule is O=C(Nc1ccc(Oc2ccccc2)cc1)C(O)C(O)c1nc2ccccc2s1. The normalized spacial score (nSPS) is 13.0. The van der Waals surface area contributed by atoms with Crippen molar-refractivity contribution < 1.29 is 19.7 Å². The minimum atomic E-state index is -1.64. The third-order valence-corrected chi connectivity index (χ3v) is 5.34. The summed E-state index contributed by atoms with van der Waals surface area (Å²) in [6.07, 6.45) is -3.05. The van der Waals surface area contributed by atoms with Gasteiger partial charge >= 0.3 is 0 Å². The van der Waals surface area contributed by atoms with E-state index in [-0.39, 0.29) is 0 Å². The number of aliphatic hydroxyl groups excluding tert-OH is 2. The molecule has 3 N–H and O–H groups in total. The molecule has 3 aromatic carbocycles. The summed E-state index contributed by atoms with van der Waals surface area (Å²) in [6.45, 7) is 0. The Labute approximate surface area is 171 Å². The lowest BCUT2D eigenvalue weighted by atomic mass is 10.2. The Bertz CT molecular complexity index is 1080. The zero-order valence-corrected chi connectivity index (χ0v) is 16.0. The minimum Gasteiger partial charge on any atom is -0.457 e. The average molecular weight is 406 g/mol. The van der Waals surface area contributed by atoms with E-state index in [1.807, 2.05) is 54.6 Å². The third-order valence-electron chi connectivity index (χ3n) is 4.23. The van der Waals surface area contributed by atoms with Crippen LogP contribution in [0.4, 0.5) is 5.69 Å². The number of thiazole rings is 1. The molecule has 0 aliphatic rings. The standard InChI is InChI=1S/C22H18N2O4S/c25-19(20(26)22-24-17-8-4-5-9-18(17)29-22)21(27)23-14-10-12-16(13-11-14)28-15-6-2-1-3-7-15/h1-13,19-20,25-26H,(H,23,27). The first-order valence-electron chi connectivity index (χ1n) is 8.95. The summed E-state index contributed by atoms with van der Waals surface area (Å²) >= 11 is 1.24. The lowest BCUT2D eigenvalue weighted by Crippen LogP contribution is -2.33. The van der Waals surface area contributed by atoms with Crippen LogP contribution in [-0.4, -0.2) is 27.2 Å². The molecule has 0 fully saturated rings. The van der Waals surface area contributed by atoms with Gasteiger partial charge in [0.25, 0.3) is 5.91 Å². The van der Waals surface area contributed by atoms with E-state index in [4.69, 9.17) is 4.74 Å². The average Bonchev–Trinajstić information content (AvgIpc) is 3.19. The monoisotopic (exact) mass is 406 g/mol. The van der Waals surface area contributed by atoms with Crippen molar-refractivity contribution in [2.24, 2.45) is 0 Å².